The molecule has 2 aromatic heterocycles. The highest BCUT2D eigenvalue weighted by Crippen LogP contribution is 2.27. The van der Waals surface area contributed by atoms with Crippen molar-refractivity contribution in [3.05, 3.63) is 115 Å². The van der Waals surface area contributed by atoms with Crippen LogP contribution in [0, 0.1) is 6.92 Å². The van der Waals surface area contributed by atoms with E-state index in [0.29, 0.717) is 6.42 Å². The van der Waals surface area contributed by atoms with E-state index < -0.39 is 0 Å². The van der Waals surface area contributed by atoms with Crippen LogP contribution in [0.2, 0.25) is 0 Å². The summed E-state index contributed by atoms with van der Waals surface area (Å²) in [6, 6.07) is 30.4. The number of amides is 1. The maximum absolute atomic E-state index is 12.6. The summed E-state index contributed by atoms with van der Waals surface area (Å²) in [7, 11) is 0. The van der Waals surface area contributed by atoms with E-state index in [4.69, 9.17) is 4.98 Å². The molecule has 4 nitrogen and oxygen atoms in total. The first-order valence-corrected chi connectivity index (χ1v) is 10.6. The number of benzene rings is 3. The van der Waals surface area contributed by atoms with Crippen LogP contribution in [0.4, 0.5) is 5.69 Å². The summed E-state index contributed by atoms with van der Waals surface area (Å²) >= 11 is 0. The van der Waals surface area contributed by atoms with Gasteiger partial charge in [-0.15, -0.1) is 0 Å². The second kappa shape index (κ2) is 8.52. The normalized spacial score (nSPS) is 10.9. The second-order valence-corrected chi connectivity index (χ2v) is 7.94. The standard InChI is InChI=1S/C28H23N3O/c1-20-16-25(29-27(32)17-21-8-4-2-5-9-21)28-30-26(19-31(28)18-20)24-14-12-23(13-15-24)22-10-6-3-7-11-22/h2-16,18-19H,17H2,1H3,(H,29,32). The average molecular weight is 418 g/mol. The second-order valence-electron chi connectivity index (χ2n) is 7.94. The Labute approximate surface area is 187 Å². The van der Waals surface area contributed by atoms with Gasteiger partial charge < -0.3 is 9.72 Å². The molecule has 0 bridgehead atoms. The lowest BCUT2D eigenvalue weighted by Crippen LogP contribution is -2.15. The van der Waals surface area contributed by atoms with Gasteiger partial charge >= 0.3 is 0 Å². The zero-order valence-corrected chi connectivity index (χ0v) is 17.8. The Morgan fingerprint density at radius 2 is 1.44 bits per heavy atom. The van der Waals surface area contributed by atoms with Crippen molar-refractivity contribution in [1.29, 1.82) is 0 Å². The Hall–Kier alpha value is -4.18. The van der Waals surface area contributed by atoms with Crippen LogP contribution in [-0.2, 0) is 11.2 Å². The Morgan fingerprint density at radius 3 is 2.16 bits per heavy atom. The van der Waals surface area contributed by atoms with E-state index in [9.17, 15) is 4.79 Å². The van der Waals surface area contributed by atoms with Gasteiger partial charge in [0.05, 0.1) is 17.8 Å². The number of pyridine rings is 1. The molecule has 0 aliphatic heterocycles. The Balaban J connectivity index is 1.43. The van der Waals surface area contributed by atoms with Gasteiger partial charge in [-0.05, 0) is 35.2 Å². The monoisotopic (exact) mass is 417 g/mol. The predicted molar refractivity (Wildman–Crippen MR) is 130 cm³/mol. The number of rotatable bonds is 5. The van der Waals surface area contributed by atoms with Crippen LogP contribution >= 0.6 is 0 Å². The van der Waals surface area contributed by atoms with Crippen molar-refractivity contribution < 1.29 is 4.79 Å². The van der Waals surface area contributed by atoms with Crippen molar-refractivity contribution in [2.75, 3.05) is 5.32 Å². The van der Waals surface area contributed by atoms with E-state index in [1.54, 1.807) is 0 Å². The topological polar surface area (TPSA) is 46.4 Å². The molecular formula is C28H23N3O. The van der Waals surface area contributed by atoms with Crippen LogP contribution < -0.4 is 5.32 Å². The fourth-order valence-electron chi connectivity index (χ4n) is 3.91. The molecule has 32 heavy (non-hydrogen) atoms. The summed E-state index contributed by atoms with van der Waals surface area (Å²) < 4.78 is 1.98. The van der Waals surface area contributed by atoms with Gasteiger partial charge in [0, 0.05) is 18.0 Å². The molecule has 1 N–H and O–H groups in total. The van der Waals surface area contributed by atoms with Crippen LogP contribution in [0.15, 0.2) is 103 Å². The largest absolute Gasteiger partial charge is 0.323 e. The summed E-state index contributed by atoms with van der Waals surface area (Å²) in [4.78, 5) is 17.5. The van der Waals surface area contributed by atoms with Gasteiger partial charge in [0.25, 0.3) is 0 Å². The first-order valence-electron chi connectivity index (χ1n) is 10.6. The number of aryl methyl sites for hydroxylation is 1. The van der Waals surface area contributed by atoms with Gasteiger partial charge in [-0.25, -0.2) is 4.98 Å². The first kappa shape index (κ1) is 19.8. The quantitative estimate of drug-likeness (QED) is 0.372. The van der Waals surface area contributed by atoms with Gasteiger partial charge in [-0.2, -0.15) is 0 Å². The third kappa shape index (κ3) is 4.16. The van der Waals surface area contributed by atoms with E-state index in [2.05, 4.69) is 41.7 Å². The number of carbonyl (C=O) groups is 1. The fraction of sp³-hybridized carbons (Fsp3) is 0.0714. The molecule has 0 aliphatic rings. The number of anilines is 1. The maximum Gasteiger partial charge on any atom is 0.228 e. The van der Waals surface area contributed by atoms with Crippen molar-refractivity contribution in [2.45, 2.75) is 13.3 Å². The summed E-state index contributed by atoms with van der Waals surface area (Å²) in [5.41, 5.74) is 7.75. The molecule has 0 radical (unpaired) electrons. The van der Waals surface area contributed by atoms with Crippen molar-refractivity contribution in [3.8, 4) is 22.4 Å². The number of hydrogen-bond donors (Lipinski definition) is 1. The number of aromatic nitrogens is 2. The van der Waals surface area contributed by atoms with Crippen molar-refractivity contribution in [3.63, 3.8) is 0 Å². The Bertz CT molecular complexity index is 1370. The van der Waals surface area contributed by atoms with Crippen molar-refractivity contribution >= 4 is 17.2 Å². The van der Waals surface area contributed by atoms with Crippen LogP contribution in [0.5, 0.6) is 0 Å². The number of nitrogens with zero attached hydrogens (tertiary/aromatic N) is 2. The molecule has 3 aromatic carbocycles. The minimum Gasteiger partial charge on any atom is -0.323 e. The Kier molecular flexibility index (Phi) is 5.26. The highest BCUT2D eigenvalue weighted by Gasteiger charge is 2.12. The van der Waals surface area contributed by atoms with E-state index >= 15 is 0 Å². The zero-order chi connectivity index (χ0) is 21.9. The SMILES string of the molecule is Cc1cc(NC(=O)Cc2ccccc2)c2nc(-c3ccc(-c4ccccc4)cc3)cn2c1. The fourth-order valence-corrected chi connectivity index (χ4v) is 3.91. The van der Waals surface area contributed by atoms with Crippen LogP contribution in [0.1, 0.15) is 11.1 Å². The zero-order valence-electron chi connectivity index (χ0n) is 17.8. The minimum absolute atomic E-state index is 0.0551. The third-order valence-electron chi connectivity index (χ3n) is 5.46. The van der Waals surface area contributed by atoms with Crippen LogP contribution in [0.3, 0.4) is 0 Å². The predicted octanol–water partition coefficient (Wildman–Crippen LogP) is 6.16. The van der Waals surface area contributed by atoms with Crippen LogP contribution in [-0.4, -0.2) is 15.3 Å². The molecule has 2 heterocycles. The number of nitrogens with one attached hydrogen (secondary N) is 1. The summed E-state index contributed by atoms with van der Waals surface area (Å²) in [6.45, 7) is 2.01. The lowest BCUT2D eigenvalue weighted by molar-refractivity contribution is -0.115. The number of fused-ring (bicyclic) bond motifs is 1. The maximum atomic E-state index is 12.6. The van der Waals surface area contributed by atoms with E-state index in [1.807, 2.05) is 78.3 Å². The number of hydrogen-bond acceptors (Lipinski definition) is 2. The van der Waals surface area contributed by atoms with Gasteiger partial charge in [0.1, 0.15) is 0 Å². The average Bonchev–Trinajstić information content (AvgIpc) is 3.25. The smallest absolute Gasteiger partial charge is 0.228 e. The molecule has 156 valence electrons. The van der Waals surface area contributed by atoms with Gasteiger partial charge in [-0.1, -0.05) is 84.9 Å². The molecule has 0 fully saturated rings. The highest BCUT2D eigenvalue weighted by molar-refractivity contribution is 5.96. The van der Waals surface area contributed by atoms with Crippen molar-refractivity contribution in [2.24, 2.45) is 0 Å². The summed E-state index contributed by atoms with van der Waals surface area (Å²) in [5.74, 6) is -0.0551. The molecule has 0 spiro atoms. The molecule has 4 heteroatoms. The molecule has 1 amide bonds. The molecule has 0 unspecified atom stereocenters. The van der Waals surface area contributed by atoms with Gasteiger partial charge in [-0.3, -0.25) is 4.79 Å². The van der Waals surface area contributed by atoms with E-state index in [-0.39, 0.29) is 5.91 Å². The Morgan fingerprint density at radius 1 is 0.812 bits per heavy atom. The molecule has 5 aromatic rings. The van der Waals surface area contributed by atoms with E-state index in [1.165, 1.54) is 11.1 Å². The van der Waals surface area contributed by atoms with Gasteiger partial charge in [0.2, 0.25) is 5.91 Å². The number of imidazole rings is 1. The van der Waals surface area contributed by atoms with Gasteiger partial charge in [0.15, 0.2) is 5.65 Å². The third-order valence-corrected chi connectivity index (χ3v) is 5.46. The lowest BCUT2D eigenvalue weighted by Gasteiger charge is -2.08. The summed E-state index contributed by atoms with van der Waals surface area (Å²) in [6.07, 6.45) is 4.36. The molecule has 5 rings (SSSR count). The van der Waals surface area contributed by atoms with Crippen LogP contribution in [0.25, 0.3) is 28.0 Å². The van der Waals surface area contributed by atoms with E-state index in [0.717, 1.165) is 33.7 Å². The summed E-state index contributed by atoms with van der Waals surface area (Å²) in [5, 5.41) is 3.05. The molecule has 0 aliphatic carbocycles. The van der Waals surface area contributed by atoms with Crippen molar-refractivity contribution in [1.82, 2.24) is 9.38 Å². The molecule has 0 saturated heterocycles. The first-order chi connectivity index (χ1) is 15.7. The highest BCUT2D eigenvalue weighted by atomic mass is 16.1. The lowest BCUT2D eigenvalue weighted by atomic mass is 10.0. The number of carbonyl (C=O) groups excluding carboxylic acids is 1. The molecular weight excluding hydrogens is 394 g/mol. The molecule has 0 saturated carbocycles. The molecule has 0 atom stereocenters. The minimum atomic E-state index is -0.0551.